The third kappa shape index (κ3) is 5.88. The minimum atomic E-state index is 0.734. The van der Waals surface area contributed by atoms with Crippen LogP contribution in [0.2, 0.25) is 0 Å². The minimum absolute atomic E-state index is 0.734. The van der Waals surface area contributed by atoms with Crippen molar-refractivity contribution in [2.24, 2.45) is 5.92 Å². The third-order valence-corrected chi connectivity index (χ3v) is 5.44. The molecule has 0 aliphatic carbocycles. The van der Waals surface area contributed by atoms with Crippen LogP contribution in [-0.4, -0.2) is 73.1 Å². The molecule has 0 aromatic rings. The predicted octanol–water partition coefficient (Wildman–Crippen LogP) is 2.91. The Hall–Kier alpha value is -0.120. The summed E-state index contributed by atoms with van der Waals surface area (Å²) in [5.74, 6) is 0.951. The average molecular weight is 296 g/mol. The van der Waals surface area contributed by atoms with Crippen LogP contribution in [-0.2, 0) is 0 Å². The van der Waals surface area contributed by atoms with Gasteiger partial charge in [-0.2, -0.15) is 0 Å². The highest BCUT2D eigenvalue weighted by Gasteiger charge is 2.24. The van der Waals surface area contributed by atoms with Gasteiger partial charge in [-0.15, -0.1) is 0 Å². The topological polar surface area (TPSA) is 9.72 Å². The largest absolute Gasteiger partial charge is 0.301 e. The Morgan fingerprint density at radius 1 is 0.857 bits per heavy atom. The first-order chi connectivity index (χ1) is 10.2. The molecule has 21 heavy (non-hydrogen) atoms. The maximum Gasteiger partial charge on any atom is 0.0110 e. The van der Waals surface area contributed by atoms with Crippen molar-refractivity contribution >= 4 is 0 Å². The number of likely N-dealkylation sites (tertiary alicyclic amines) is 1. The monoisotopic (exact) mass is 295 g/mol. The molecule has 2 heterocycles. The maximum absolute atomic E-state index is 2.73. The molecule has 2 rings (SSSR count). The van der Waals surface area contributed by atoms with Gasteiger partial charge in [0.25, 0.3) is 0 Å². The van der Waals surface area contributed by atoms with Crippen molar-refractivity contribution in [3.63, 3.8) is 0 Å². The van der Waals surface area contributed by atoms with Crippen LogP contribution in [0.15, 0.2) is 0 Å². The first-order valence-electron chi connectivity index (χ1n) is 9.37. The Morgan fingerprint density at radius 3 is 2.05 bits per heavy atom. The lowest BCUT2D eigenvalue weighted by atomic mass is 9.95. The quantitative estimate of drug-likeness (QED) is 0.669. The zero-order valence-electron chi connectivity index (χ0n) is 14.7. The summed E-state index contributed by atoms with van der Waals surface area (Å²) >= 11 is 0. The molecule has 0 radical (unpaired) electrons. The summed E-state index contributed by atoms with van der Waals surface area (Å²) in [5, 5.41) is 0. The molecular weight excluding hydrogens is 258 g/mol. The van der Waals surface area contributed by atoms with Gasteiger partial charge in [0.2, 0.25) is 0 Å². The van der Waals surface area contributed by atoms with Gasteiger partial charge in [0.15, 0.2) is 0 Å². The third-order valence-electron chi connectivity index (χ3n) is 5.44. The Balaban J connectivity index is 1.59. The summed E-state index contributed by atoms with van der Waals surface area (Å²) < 4.78 is 0. The molecule has 3 nitrogen and oxygen atoms in total. The van der Waals surface area contributed by atoms with Crippen LogP contribution in [0, 0.1) is 5.92 Å². The van der Waals surface area contributed by atoms with Crippen molar-refractivity contribution in [1.29, 1.82) is 0 Å². The Morgan fingerprint density at radius 2 is 1.48 bits per heavy atom. The SMILES string of the molecule is CCCCCN1CCN(CC2CCN(C(C)C)CC2)CC1. The van der Waals surface area contributed by atoms with Crippen molar-refractivity contribution in [2.75, 3.05) is 52.4 Å². The molecule has 2 fully saturated rings. The predicted molar refractivity (Wildman–Crippen MR) is 91.8 cm³/mol. The van der Waals surface area contributed by atoms with E-state index in [-0.39, 0.29) is 0 Å². The number of unbranched alkanes of at least 4 members (excludes halogenated alkanes) is 2. The molecule has 2 aliphatic heterocycles. The molecule has 124 valence electrons. The Labute approximate surface area is 132 Å². The maximum atomic E-state index is 2.73. The summed E-state index contributed by atoms with van der Waals surface area (Å²) in [7, 11) is 0. The van der Waals surface area contributed by atoms with Gasteiger partial charge in [0, 0.05) is 38.8 Å². The number of piperidine rings is 1. The lowest BCUT2D eigenvalue weighted by molar-refractivity contribution is 0.0868. The van der Waals surface area contributed by atoms with Crippen molar-refractivity contribution in [3.05, 3.63) is 0 Å². The molecule has 0 N–H and O–H groups in total. The number of hydrogen-bond acceptors (Lipinski definition) is 3. The van der Waals surface area contributed by atoms with Gasteiger partial charge in [0.1, 0.15) is 0 Å². The Bertz CT molecular complexity index is 264. The highest BCUT2D eigenvalue weighted by atomic mass is 15.3. The van der Waals surface area contributed by atoms with Crippen molar-refractivity contribution in [3.8, 4) is 0 Å². The fourth-order valence-corrected chi connectivity index (χ4v) is 3.80. The van der Waals surface area contributed by atoms with E-state index in [0.717, 1.165) is 12.0 Å². The number of nitrogens with zero attached hydrogens (tertiary/aromatic N) is 3. The van der Waals surface area contributed by atoms with Gasteiger partial charge in [-0.3, -0.25) is 0 Å². The molecule has 0 aromatic carbocycles. The van der Waals surface area contributed by atoms with Gasteiger partial charge >= 0.3 is 0 Å². The highest BCUT2D eigenvalue weighted by molar-refractivity contribution is 4.79. The zero-order chi connectivity index (χ0) is 15.1. The summed E-state index contributed by atoms with van der Waals surface area (Å²) in [6.45, 7) is 17.5. The van der Waals surface area contributed by atoms with Crippen LogP contribution in [0.3, 0.4) is 0 Å². The fourth-order valence-electron chi connectivity index (χ4n) is 3.80. The lowest BCUT2D eigenvalue weighted by Gasteiger charge is -2.39. The van der Waals surface area contributed by atoms with E-state index in [0.29, 0.717) is 0 Å². The number of rotatable bonds is 7. The molecule has 0 amide bonds. The molecule has 3 heteroatoms. The second-order valence-electron chi connectivity index (χ2n) is 7.42. The molecule has 0 saturated carbocycles. The first-order valence-corrected chi connectivity index (χ1v) is 9.37. The van der Waals surface area contributed by atoms with E-state index >= 15 is 0 Å². The van der Waals surface area contributed by atoms with E-state index in [9.17, 15) is 0 Å². The zero-order valence-corrected chi connectivity index (χ0v) is 14.7. The Kier molecular flexibility index (Phi) is 7.48. The van der Waals surface area contributed by atoms with E-state index in [4.69, 9.17) is 0 Å². The summed E-state index contributed by atoms with van der Waals surface area (Å²) in [6.07, 6.45) is 6.96. The molecule has 0 unspecified atom stereocenters. The normalized spacial score (nSPS) is 24.0. The van der Waals surface area contributed by atoms with Gasteiger partial charge in [-0.1, -0.05) is 19.8 Å². The summed E-state index contributed by atoms with van der Waals surface area (Å²) in [6, 6.07) is 0.734. The molecule has 0 aromatic heterocycles. The molecular formula is C18H37N3. The summed E-state index contributed by atoms with van der Waals surface area (Å²) in [5.41, 5.74) is 0. The van der Waals surface area contributed by atoms with Crippen molar-refractivity contribution in [2.45, 2.75) is 58.9 Å². The van der Waals surface area contributed by atoms with Crippen LogP contribution >= 0.6 is 0 Å². The minimum Gasteiger partial charge on any atom is -0.301 e. The van der Waals surface area contributed by atoms with E-state index in [1.807, 2.05) is 0 Å². The van der Waals surface area contributed by atoms with Crippen LogP contribution in [0.1, 0.15) is 52.9 Å². The van der Waals surface area contributed by atoms with E-state index in [1.54, 1.807) is 0 Å². The number of hydrogen-bond donors (Lipinski definition) is 0. The second-order valence-corrected chi connectivity index (χ2v) is 7.42. The van der Waals surface area contributed by atoms with Crippen LogP contribution in [0.5, 0.6) is 0 Å². The van der Waals surface area contributed by atoms with Crippen molar-refractivity contribution < 1.29 is 0 Å². The fraction of sp³-hybridized carbons (Fsp3) is 1.00. The molecule has 2 aliphatic rings. The van der Waals surface area contributed by atoms with Crippen LogP contribution in [0.25, 0.3) is 0 Å². The van der Waals surface area contributed by atoms with Crippen LogP contribution in [0.4, 0.5) is 0 Å². The lowest BCUT2D eigenvalue weighted by Crippen LogP contribution is -2.49. The van der Waals surface area contributed by atoms with E-state index < -0.39 is 0 Å². The van der Waals surface area contributed by atoms with Gasteiger partial charge in [-0.05, 0) is 58.7 Å². The van der Waals surface area contributed by atoms with Gasteiger partial charge < -0.3 is 14.7 Å². The van der Waals surface area contributed by atoms with E-state index in [1.165, 1.54) is 84.5 Å². The van der Waals surface area contributed by atoms with E-state index in [2.05, 4.69) is 35.5 Å². The molecule has 0 spiro atoms. The van der Waals surface area contributed by atoms with Crippen LogP contribution < -0.4 is 0 Å². The summed E-state index contributed by atoms with van der Waals surface area (Å²) in [4.78, 5) is 8.04. The highest BCUT2D eigenvalue weighted by Crippen LogP contribution is 2.20. The molecule has 0 bridgehead atoms. The number of piperazine rings is 1. The van der Waals surface area contributed by atoms with Gasteiger partial charge in [-0.25, -0.2) is 0 Å². The van der Waals surface area contributed by atoms with Gasteiger partial charge in [0.05, 0.1) is 0 Å². The average Bonchev–Trinajstić information content (AvgIpc) is 2.50. The second kappa shape index (κ2) is 9.12. The smallest absolute Gasteiger partial charge is 0.0110 e. The van der Waals surface area contributed by atoms with Crippen molar-refractivity contribution in [1.82, 2.24) is 14.7 Å². The standard InChI is InChI=1S/C18H37N3/c1-4-5-6-9-19-12-14-20(15-13-19)16-18-7-10-21(11-8-18)17(2)3/h17-18H,4-16H2,1-3H3. The first kappa shape index (κ1) is 17.2. The molecule has 2 saturated heterocycles. The molecule has 0 atom stereocenters.